The van der Waals surface area contributed by atoms with E-state index in [1.54, 1.807) is 4.90 Å². The molecule has 2 amide bonds. The van der Waals surface area contributed by atoms with E-state index in [1.165, 1.54) is 7.11 Å². The van der Waals surface area contributed by atoms with E-state index >= 15 is 0 Å². The number of urea groups is 1. The lowest BCUT2D eigenvalue weighted by Gasteiger charge is -2.29. The number of carbonyl (C=O) groups is 2. The highest BCUT2D eigenvalue weighted by Crippen LogP contribution is 2.24. The Morgan fingerprint density at radius 3 is 2.79 bits per heavy atom. The molecule has 0 spiro atoms. The number of piperazine rings is 1. The number of methoxy groups -OCH3 is 1. The maximum absolute atomic E-state index is 12.2. The number of carbonyl (C=O) groups excluding carboxylic acids is 2. The molecule has 0 unspecified atom stereocenters. The summed E-state index contributed by atoms with van der Waals surface area (Å²) in [5.41, 5.74) is -0.660. The van der Waals surface area contributed by atoms with Crippen molar-refractivity contribution >= 4 is 24.4 Å². The second-order valence-electron chi connectivity index (χ2n) is 5.59. The maximum atomic E-state index is 12.2. The lowest BCUT2D eigenvalue weighted by molar-refractivity contribution is -0.151. The SMILES string of the molecule is COC(=O)C(C)(C)CN1C[C@@H]2CNCCN2C1=O.Cl. The fourth-order valence-corrected chi connectivity index (χ4v) is 2.64. The molecule has 2 rings (SSSR count). The van der Waals surface area contributed by atoms with Gasteiger partial charge in [-0.1, -0.05) is 0 Å². The van der Waals surface area contributed by atoms with Crippen molar-refractivity contribution in [3.05, 3.63) is 0 Å². The normalized spacial score (nSPS) is 22.9. The molecule has 0 bridgehead atoms. The van der Waals surface area contributed by atoms with Gasteiger partial charge in [-0.25, -0.2) is 4.79 Å². The molecule has 0 aromatic heterocycles. The van der Waals surface area contributed by atoms with Crippen LogP contribution in [0.15, 0.2) is 0 Å². The van der Waals surface area contributed by atoms with Crippen molar-refractivity contribution in [2.45, 2.75) is 19.9 Å². The number of rotatable bonds is 3. The molecule has 2 heterocycles. The molecule has 0 saturated carbocycles. The largest absolute Gasteiger partial charge is 0.469 e. The van der Waals surface area contributed by atoms with E-state index in [9.17, 15) is 9.59 Å². The molecule has 0 aromatic carbocycles. The van der Waals surface area contributed by atoms with Gasteiger partial charge in [-0.15, -0.1) is 12.4 Å². The summed E-state index contributed by atoms with van der Waals surface area (Å²) < 4.78 is 4.78. The number of nitrogens with one attached hydrogen (secondary N) is 1. The van der Waals surface area contributed by atoms with Crippen molar-refractivity contribution in [2.75, 3.05) is 39.8 Å². The second kappa shape index (κ2) is 5.96. The zero-order valence-electron chi connectivity index (χ0n) is 11.6. The predicted molar refractivity (Wildman–Crippen MR) is 73.4 cm³/mol. The van der Waals surface area contributed by atoms with E-state index in [0.29, 0.717) is 13.1 Å². The number of amides is 2. The quantitative estimate of drug-likeness (QED) is 0.761. The van der Waals surface area contributed by atoms with Gasteiger partial charge in [0.15, 0.2) is 0 Å². The Hall–Kier alpha value is -1.01. The Morgan fingerprint density at radius 2 is 2.21 bits per heavy atom. The van der Waals surface area contributed by atoms with Crippen LogP contribution in [0.3, 0.4) is 0 Å². The van der Waals surface area contributed by atoms with E-state index in [1.807, 2.05) is 18.7 Å². The van der Waals surface area contributed by atoms with Gasteiger partial charge in [-0.05, 0) is 13.8 Å². The van der Waals surface area contributed by atoms with Crippen LogP contribution < -0.4 is 5.32 Å². The third-order valence-electron chi connectivity index (χ3n) is 3.62. The van der Waals surface area contributed by atoms with Crippen molar-refractivity contribution in [1.29, 1.82) is 0 Å². The summed E-state index contributed by atoms with van der Waals surface area (Å²) in [7, 11) is 1.38. The van der Waals surface area contributed by atoms with Gasteiger partial charge >= 0.3 is 12.0 Å². The molecule has 1 N–H and O–H groups in total. The highest BCUT2D eigenvalue weighted by molar-refractivity contribution is 5.85. The van der Waals surface area contributed by atoms with Crippen LogP contribution in [0, 0.1) is 5.41 Å². The Balaban J connectivity index is 0.00000180. The predicted octanol–water partition coefficient (Wildman–Crippen LogP) is 0.317. The smallest absolute Gasteiger partial charge is 0.320 e. The van der Waals surface area contributed by atoms with E-state index in [0.717, 1.165) is 19.6 Å². The lowest BCUT2D eigenvalue weighted by atomic mass is 9.93. The topological polar surface area (TPSA) is 61.9 Å². The van der Waals surface area contributed by atoms with E-state index < -0.39 is 5.41 Å². The first kappa shape index (κ1) is 16.0. The number of fused-ring (bicyclic) bond motifs is 1. The number of nitrogens with zero attached hydrogens (tertiary/aromatic N) is 2. The molecule has 0 radical (unpaired) electrons. The lowest BCUT2D eigenvalue weighted by Crippen LogP contribution is -2.50. The number of halogens is 1. The van der Waals surface area contributed by atoms with Crippen LogP contribution in [0.1, 0.15) is 13.8 Å². The first-order valence-corrected chi connectivity index (χ1v) is 6.30. The molecule has 1 atom stereocenters. The zero-order chi connectivity index (χ0) is 13.3. The Kier molecular flexibility index (Phi) is 5.04. The van der Waals surface area contributed by atoms with E-state index in [2.05, 4.69) is 5.32 Å². The van der Waals surface area contributed by atoms with Crippen LogP contribution in [0.25, 0.3) is 0 Å². The number of hydrogen-bond acceptors (Lipinski definition) is 4. The summed E-state index contributed by atoms with van der Waals surface area (Å²) in [6.07, 6.45) is 0. The van der Waals surface area contributed by atoms with Crippen LogP contribution in [-0.2, 0) is 9.53 Å². The molecule has 2 fully saturated rings. The monoisotopic (exact) mass is 291 g/mol. The van der Waals surface area contributed by atoms with Crippen LogP contribution in [-0.4, -0.2) is 67.7 Å². The van der Waals surface area contributed by atoms with Crippen LogP contribution in [0.5, 0.6) is 0 Å². The summed E-state index contributed by atoms with van der Waals surface area (Å²) in [6, 6.07) is 0.276. The van der Waals surface area contributed by atoms with E-state index in [-0.39, 0.29) is 30.4 Å². The molecule has 2 aliphatic heterocycles. The summed E-state index contributed by atoms with van der Waals surface area (Å²) in [6.45, 7) is 7.14. The van der Waals surface area contributed by atoms with Gasteiger partial charge < -0.3 is 19.9 Å². The van der Waals surface area contributed by atoms with Crippen molar-refractivity contribution in [3.63, 3.8) is 0 Å². The van der Waals surface area contributed by atoms with Gasteiger partial charge in [0.05, 0.1) is 18.6 Å². The Bertz CT molecular complexity index is 362. The highest BCUT2D eigenvalue weighted by atomic mass is 35.5. The van der Waals surface area contributed by atoms with E-state index in [4.69, 9.17) is 4.74 Å². The molecular formula is C12H22ClN3O3. The molecule has 0 aliphatic carbocycles. The third-order valence-corrected chi connectivity index (χ3v) is 3.62. The minimum Gasteiger partial charge on any atom is -0.469 e. The van der Waals surface area contributed by atoms with Crippen LogP contribution in [0.2, 0.25) is 0 Å². The van der Waals surface area contributed by atoms with Crippen LogP contribution in [0.4, 0.5) is 4.79 Å². The third kappa shape index (κ3) is 3.12. The molecule has 110 valence electrons. The average molecular weight is 292 g/mol. The molecule has 19 heavy (non-hydrogen) atoms. The van der Waals surface area contributed by atoms with Gasteiger partial charge in [0.25, 0.3) is 0 Å². The summed E-state index contributed by atoms with van der Waals surface area (Å²) in [5, 5.41) is 3.28. The molecule has 7 heteroatoms. The van der Waals surface area contributed by atoms with Gasteiger partial charge in [0.2, 0.25) is 0 Å². The summed E-state index contributed by atoms with van der Waals surface area (Å²) in [5.74, 6) is -0.279. The number of esters is 1. The van der Waals surface area contributed by atoms with Crippen molar-refractivity contribution in [2.24, 2.45) is 5.41 Å². The van der Waals surface area contributed by atoms with Gasteiger partial charge in [0, 0.05) is 32.7 Å². The van der Waals surface area contributed by atoms with Crippen LogP contribution >= 0.6 is 12.4 Å². The number of ether oxygens (including phenoxy) is 1. The fraction of sp³-hybridized carbons (Fsp3) is 0.833. The maximum Gasteiger partial charge on any atom is 0.320 e. The summed E-state index contributed by atoms with van der Waals surface area (Å²) in [4.78, 5) is 27.5. The standard InChI is InChI=1S/C12H21N3O3.ClH/c1-12(2,10(16)18-3)8-14-7-9-6-13-4-5-15(9)11(14)17;/h9,13H,4-8H2,1-3H3;1H/t9-;/m0./s1. The Morgan fingerprint density at radius 1 is 1.53 bits per heavy atom. The molecule has 2 saturated heterocycles. The minimum absolute atomic E-state index is 0. The molecule has 0 aromatic rings. The highest BCUT2D eigenvalue weighted by Gasteiger charge is 2.42. The van der Waals surface area contributed by atoms with Crippen molar-refractivity contribution in [3.8, 4) is 0 Å². The summed E-state index contributed by atoms with van der Waals surface area (Å²) >= 11 is 0. The minimum atomic E-state index is -0.660. The first-order valence-electron chi connectivity index (χ1n) is 6.30. The van der Waals surface area contributed by atoms with Gasteiger partial charge in [-0.3, -0.25) is 4.79 Å². The van der Waals surface area contributed by atoms with Gasteiger partial charge in [-0.2, -0.15) is 0 Å². The van der Waals surface area contributed by atoms with Gasteiger partial charge in [0.1, 0.15) is 0 Å². The number of hydrogen-bond donors (Lipinski definition) is 1. The zero-order valence-corrected chi connectivity index (χ0v) is 12.5. The second-order valence-corrected chi connectivity index (χ2v) is 5.59. The average Bonchev–Trinajstić information content (AvgIpc) is 2.65. The van der Waals surface area contributed by atoms with Crippen molar-refractivity contribution < 1.29 is 14.3 Å². The molecule has 2 aliphatic rings. The Labute approximate surface area is 119 Å². The molecule has 6 nitrogen and oxygen atoms in total. The van der Waals surface area contributed by atoms with Crippen molar-refractivity contribution in [1.82, 2.24) is 15.1 Å². The molecular weight excluding hydrogens is 270 g/mol. The fourth-order valence-electron chi connectivity index (χ4n) is 2.64. The first-order chi connectivity index (χ1) is 8.45.